The highest BCUT2D eigenvalue weighted by Gasteiger charge is 2.27. The normalized spacial score (nSPS) is 20.9. The van der Waals surface area contributed by atoms with Crippen molar-refractivity contribution in [1.29, 1.82) is 0 Å². The Morgan fingerprint density at radius 2 is 1.77 bits per heavy atom. The largest absolute Gasteiger partial charge is 0.335 e. The first-order chi connectivity index (χ1) is 14.8. The maximum atomic E-state index is 12.7. The van der Waals surface area contributed by atoms with E-state index in [1.165, 1.54) is 0 Å². The van der Waals surface area contributed by atoms with E-state index in [-0.39, 0.29) is 23.9 Å². The van der Waals surface area contributed by atoms with Gasteiger partial charge in [0.1, 0.15) is 0 Å². The third-order valence-electron chi connectivity index (χ3n) is 5.78. The predicted octanol–water partition coefficient (Wildman–Crippen LogP) is 1.06. The molecule has 0 spiro atoms. The fourth-order valence-electron chi connectivity index (χ4n) is 4.11. The number of rotatable bonds is 7. The zero-order chi connectivity index (χ0) is 22.3. The van der Waals surface area contributed by atoms with Crippen LogP contribution < -0.4 is 15.4 Å². The van der Waals surface area contributed by atoms with Gasteiger partial charge in [0.2, 0.25) is 15.9 Å². The topological polar surface area (TPSA) is 111 Å². The van der Waals surface area contributed by atoms with Crippen LogP contribution in [0.4, 0.5) is 10.5 Å². The lowest BCUT2D eigenvalue weighted by Gasteiger charge is -2.36. The smallest absolute Gasteiger partial charge is 0.317 e. The molecule has 3 N–H and O–H groups in total. The molecular weight excluding hydrogens is 418 g/mol. The molecule has 9 nitrogen and oxygen atoms in total. The fraction of sp³-hybridized carbons (Fsp3) is 0.619. The number of nitrogens with one attached hydrogen (secondary N) is 3. The standard InChI is InChI=1S/C21H33N5O4S/c1-31(29,30)22-14-17-6-5-11-26(15-17)21(28)24-19-9-12-25(13-10-19)16-20(27)23-18-7-3-2-4-8-18/h2-4,7-8,17,19,22H,5-6,9-16H2,1H3,(H,23,27)(H,24,28). The quantitative estimate of drug-likeness (QED) is 0.574. The maximum absolute atomic E-state index is 12.7. The van der Waals surface area contributed by atoms with Crippen molar-refractivity contribution >= 4 is 27.6 Å². The Bertz CT molecular complexity index is 841. The monoisotopic (exact) mass is 451 g/mol. The minimum Gasteiger partial charge on any atom is -0.335 e. The number of benzene rings is 1. The van der Waals surface area contributed by atoms with E-state index < -0.39 is 10.0 Å². The van der Waals surface area contributed by atoms with Crippen molar-refractivity contribution < 1.29 is 18.0 Å². The summed E-state index contributed by atoms with van der Waals surface area (Å²) >= 11 is 0. The molecule has 2 aliphatic heterocycles. The van der Waals surface area contributed by atoms with E-state index in [4.69, 9.17) is 0 Å². The number of urea groups is 1. The van der Waals surface area contributed by atoms with Gasteiger partial charge in [0.25, 0.3) is 0 Å². The van der Waals surface area contributed by atoms with E-state index in [1.807, 2.05) is 30.3 Å². The van der Waals surface area contributed by atoms with Gasteiger partial charge < -0.3 is 15.5 Å². The van der Waals surface area contributed by atoms with Gasteiger partial charge in [-0.2, -0.15) is 0 Å². The number of anilines is 1. The number of carbonyl (C=O) groups excluding carboxylic acids is 2. The molecule has 3 rings (SSSR count). The number of hydrogen-bond donors (Lipinski definition) is 3. The van der Waals surface area contributed by atoms with E-state index in [1.54, 1.807) is 4.90 Å². The van der Waals surface area contributed by atoms with E-state index in [0.29, 0.717) is 26.2 Å². The number of nitrogens with zero attached hydrogens (tertiary/aromatic N) is 2. The summed E-state index contributed by atoms with van der Waals surface area (Å²) in [5.74, 6) is 0.106. The molecule has 2 saturated heterocycles. The third kappa shape index (κ3) is 8.12. The average molecular weight is 452 g/mol. The molecule has 3 amide bonds. The molecule has 0 aromatic heterocycles. The molecule has 1 aromatic rings. The number of amides is 3. The molecule has 10 heteroatoms. The molecule has 2 fully saturated rings. The van der Waals surface area contributed by atoms with Gasteiger partial charge in [-0.1, -0.05) is 18.2 Å². The van der Waals surface area contributed by atoms with Crippen molar-refractivity contribution in [3.63, 3.8) is 0 Å². The first kappa shape index (κ1) is 23.5. The van der Waals surface area contributed by atoms with Crippen LogP contribution in [-0.2, 0) is 14.8 Å². The molecule has 2 heterocycles. The Balaban J connectivity index is 1.37. The molecular formula is C21H33N5O4S. The Morgan fingerprint density at radius 3 is 2.45 bits per heavy atom. The Labute approximate surface area is 184 Å². The van der Waals surface area contributed by atoms with Crippen LogP contribution in [0.15, 0.2) is 30.3 Å². The number of hydrogen-bond acceptors (Lipinski definition) is 5. The van der Waals surface area contributed by atoms with Gasteiger partial charge in [-0.05, 0) is 43.7 Å². The molecule has 1 atom stereocenters. The zero-order valence-electron chi connectivity index (χ0n) is 18.0. The Hall–Kier alpha value is -2.17. The second kappa shape index (κ2) is 10.9. The fourth-order valence-corrected chi connectivity index (χ4v) is 4.65. The molecule has 1 aromatic carbocycles. The average Bonchev–Trinajstić information content (AvgIpc) is 2.74. The molecule has 0 saturated carbocycles. The highest BCUT2D eigenvalue weighted by Crippen LogP contribution is 2.17. The van der Waals surface area contributed by atoms with Crippen LogP contribution in [0, 0.1) is 5.92 Å². The number of sulfonamides is 1. The Kier molecular flexibility index (Phi) is 8.28. The van der Waals surface area contributed by atoms with Crippen LogP contribution in [0.3, 0.4) is 0 Å². The van der Waals surface area contributed by atoms with Gasteiger partial charge in [-0.15, -0.1) is 0 Å². The lowest BCUT2D eigenvalue weighted by molar-refractivity contribution is -0.117. The third-order valence-corrected chi connectivity index (χ3v) is 6.47. The number of carbonyl (C=O) groups is 2. The molecule has 1 unspecified atom stereocenters. The van der Waals surface area contributed by atoms with Gasteiger partial charge in [0, 0.05) is 44.5 Å². The van der Waals surface area contributed by atoms with Gasteiger partial charge >= 0.3 is 6.03 Å². The zero-order valence-corrected chi connectivity index (χ0v) is 18.9. The maximum Gasteiger partial charge on any atom is 0.317 e. The van der Waals surface area contributed by atoms with Crippen molar-refractivity contribution in [2.45, 2.75) is 31.7 Å². The number of piperidine rings is 2. The summed E-state index contributed by atoms with van der Waals surface area (Å²) in [6.45, 7) is 3.48. The minimum absolute atomic E-state index is 0.0317. The minimum atomic E-state index is -3.22. The van der Waals surface area contributed by atoms with Crippen molar-refractivity contribution in [1.82, 2.24) is 19.8 Å². The molecule has 31 heavy (non-hydrogen) atoms. The molecule has 172 valence electrons. The highest BCUT2D eigenvalue weighted by atomic mass is 32.2. The van der Waals surface area contributed by atoms with Gasteiger partial charge in [0.15, 0.2) is 0 Å². The van der Waals surface area contributed by atoms with Gasteiger partial charge in [-0.3, -0.25) is 9.69 Å². The van der Waals surface area contributed by atoms with Crippen LogP contribution in [-0.4, -0.2) is 81.7 Å². The van der Waals surface area contributed by atoms with Crippen LogP contribution >= 0.6 is 0 Å². The van der Waals surface area contributed by atoms with Crippen molar-refractivity contribution in [2.24, 2.45) is 5.92 Å². The first-order valence-corrected chi connectivity index (χ1v) is 12.7. The number of likely N-dealkylation sites (tertiary alicyclic amines) is 2. The molecule has 0 aliphatic carbocycles. The first-order valence-electron chi connectivity index (χ1n) is 10.9. The summed E-state index contributed by atoms with van der Waals surface area (Å²) in [6.07, 6.45) is 4.54. The van der Waals surface area contributed by atoms with E-state index in [2.05, 4.69) is 20.3 Å². The van der Waals surface area contributed by atoms with Gasteiger partial charge in [-0.25, -0.2) is 17.9 Å². The van der Waals surface area contributed by atoms with E-state index in [9.17, 15) is 18.0 Å². The summed E-state index contributed by atoms with van der Waals surface area (Å²) in [7, 11) is -3.22. The molecule has 2 aliphatic rings. The van der Waals surface area contributed by atoms with Gasteiger partial charge in [0.05, 0.1) is 12.8 Å². The summed E-state index contributed by atoms with van der Waals surface area (Å²) in [4.78, 5) is 28.8. The summed E-state index contributed by atoms with van der Waals surface area (Å²) in [5, 5.41) is 6.02. The van der Waals surface area contributed by atoms with Crippen LogP contribution in [0.2, 0.25) is 0 Å². The lowest BCUT2D eigenvalue weighted by Crippen LogP contribution is -2.52. The highest BCUT2D eigenvalue weighted by molar-refractivity contribution is 7.88. The van der Waals surface area contributed by atoms with Crippen molar-refractivity contribution in [3.8, 4) is 0 Å². The molecule has 0 radical (unpaired) electrons. The Morgan fingerprint density at radius 1 is 1.06 bits per heavy atom. The van der Waals surface area contributed by atoms with Crippen molar-refractivity contribution in [3.05, 3.63) is 30.3 Å². The van der Waals surface area contributed by atoms with Crippen molar-refractivity contribution in [2.75, 3.05) is 50.8 Å². The summed E-state index contributed by atoms with van der Waals surface area (Å²) < 4.78 is 25.2. The predicted molar refractivity (Wildman–Crippen MR) is 120 cm³/mol. The van der Waals surface area contributed by atoms with E-state index >= 15 is 0 Å². The molecule has 0 bridgehead atoms. The summed E-state index contributed by atoms with van der Waals surface area (Å²) in [6, 6.07) is 9.42. The second-order valence-corrected chi connectivity index (χ2v) is 10.3. The second-order valence-electron chi connectivity index (χ2n) is 8.49. The SMILES string of the molecule is CS(=O)(=O)NCC1CCCN(C(=O)NC2CCN(CC(=O)Nc3ccccc3)CC2)C1. The lowest BCUT2D eigenvalue weighted by atomic mass is 9.98. The van der Waals surface area contributed by atoms with Crippen LogP contribution in [0.25, 0.3) is 0 Å². The van der Waals surface area contributed by atoms with E-state index in [0.717, 1.165) is 50.7 Å². The van der Waals surface area contributed by atoms with Crippen LogP contribution in [0.5, 0.6) is 0 Å². The van der Waals surface area contributed by atoms with Crippen LogP contribution in [0.1, 0.15) is 25.7 Å². The summed E-state index contributed by atoms with van der Waals surface area (Å²) in [5.41, 5.74) is 0.793. The number of para-hydroxylation sites is 1.